The molecule has 1 aromatic rings. The van der Waals surface area contributed by atoms with E-state index in [1.807, 2.05) is 0 Å². The van der Waals surface area contributed by atoms with Gasteiger partial charge < -0.3 is 16.0 Å². The third-order valence-electron chi connectivity index (χ3n) is 3.71. The summed E-state index contributed by atoms with van der Waals surface area (Å²) in [5.74, 6) is -0.993. The molecule has 0 bridgehead atoms. The standard InChI is InChI=1S/C15H22FN3O/c1-11(10-19-6-2-3-7-19)18-9-13-5-4-12(15(17)20)8-14(13)16/h4-5,8,11,18H,2-3,6-7,9-10H2,1H3,(H2,17,20). The number of nitrogens with two attached hydrogens (primary N) is 1. The molecule has 1 aliphatic rings. The molecule has 1 atom stereocenters. The van der Waals surface area contributed by atoms with E-state index in [4.69, 9.17) is 5.73 Å². The Labute approximate surface area is 119 Å². The summed E-state index contributed by atoms with van der Waals surface area (Å²) in [6.07, 6.45) is 2.55. The highest BCUT2D eigenvalue weighted by atomic mass is 19.1. The zero-order chi connectivity index (χ0) is 14.5. The second kappa shape index (κ2) is 6.81. The molecule has 3 N–H and O–H groups in total. The first-order chi connectivity index (χ1) is 9.56. The van der Waals surface area contributed by atoms with E-state index in [0.29, 0.717) is 18.2 Å². The van der Waals surface area contributed by atoms with Crippen LogP contribution < -0.4 is 11.1 Å². The molecule has 0 radical (unpaired) electrons. The molecule has 0 aliphatic carbocycles. The van der Waals surface area contributed by atoms with Crippen LogP contribution in [0.5, 0.6) is 0 Å². The number of amides is 1. The van der Waals surface area contributed by atoms with Crippen LogP contribution in [0.15, 0.2) is 18.2 Å². The summed E-state index contributed by atoms with van der Waals surface area (Å²) in [6.45, 7) is 5.87. The monoisotopic (exact) mass is 279 g/mol. The van der Waals surface area contributed by atoms with Gasteiger partial charge in [0.2, 0.25) is 5.91 Å². The van der Waals surface area contributed by atoms with Crippen molar-refractivity contribution < 1.29 is 9.18 Å². The first kappa shape index (κ1) is 14.9. The average molecular weight is 279 g/mol. The molecule has 0 aromatic heterocycles. The smallest absolute Gasteiger partial charge is 0.248 e. The average Bonchev–Trinajstić information content (AvgIpc) is 2.90. The fourth-order valence-corrected chi connectivity index (χ4v) is 2.55. The van der Waals surface area contributed by atoms with E-state index in [1.54, 1.807) is 12.1 Å². The topological polar surface area (TPSA) is 58.4 Å². The molecule has 1 aromatic carbocycles. The molecule has 1 aliphatic heterocycles. The predicted molar refractivity (Wildman–Crippen MR) is 76.9 cm³/mol. The van der Waals surface area contributed by atoms with Crippen molar-refractivity contribution in [2.45, 2.75) is 32.4 Å². The molecule has 1 saturated heterocycles. The van der Waals surface area contributed by atoms with Gasteiger partial charge in [-0.25, -0.2) is 4.39 Å². The fourth-order valence-electron chi connectivity index (χ4n) is 2.55. The van der Waals surface area contributed by atoms with Gasteiger partial charge in [-0.15, -0.1) is 0 Å². The fraction of sp³-hybridized carbons (Fsp3) is 0.533. The Kier molecular flexibility index (Phi) is 5.09. The molecule has 0 saturated carbocycles. The van der Waals surface area contributed by atoms with Gasteiger partial charge in [-0.2, -0.15) is 0 Å². The van der Waals surface area contributed by atoms with Crippen LogP contribution in [0.4, 0.5) is 4.39 Å². The number of hydrogen-bond acceptors (Lipinski definition) is 3. The van der Waals surface area contributed by atoms with E-state index in [-0.39, 0.29) is 11.4 Å². The Morgan fingerprint density at radius 3 is 2.75 bits per heavy atom. The van der Waals surface area contributed by atoms with Crippen LogP contribution >= 0.6 is 0 Å². The van der Waals surface area contributed by atoms with Crippen molar-refractivity contribution in [2.24, 2.45) is 5.73 Å². The molecular weight excluding hydrogens is 257 g/mol. The lowest BCUT2D eigenvalue weighted by molar-refractivity contribution is 0.1000. The summed E-state index contributed by atoms with van der Waals surface area (Å²) >= 11 is 0. The van der Waals surface area contributed by atoms with E-state index in [1.165, 1.54) is 18.9 Å². The Balaban J connectivity index is 1.85. The number of nitrogens with one attached hydrogen (secondary N) is 1. The number of hydrogen-bond donors (Lipinski definition) is 2. The number of carbonyl (C=O) groups is 1. The number of likely N-dealkylation sites (tertiary alicyclic amines) is 1. The summed E-state index contributed by atoms with van der Waals surface area (Å²) in [4.78, 5) is 13.4. The lowest BCUT2D eigenvalue weighted by Crippen LogP contribution is -2.37. The van der Waals surface area contributed by atoms with Gasteiger partial charge in [-0.05, 0) is 45.0 Å². The number of nitrogens with zero attached hydrogens (tertiary/aromatic N) is 1. The Morgan fingerprint density at radius 2 is 2.15 bits per heavy atom. The Bertz CT molecular complexity index is 472. The largest absolute Gasteiger partial charge is 0.366 e. The van der Waals surface area contributed by atoms with Crippen LogP contribution in [0, 0.1) is 5.82 Å². The van der Waals surface area contributed by atoms with Crippen molar-refractivity contribution in [1.29, 1.82) is 0 Å². The van der Waals surface area contributed by atoms with Gasteiger partial charge in [-0.1, -0.05) is 6.07 Å². The maximum absolute atomic E-state index is 13.8. The summed E-state index contributed by atoms with van der Waals surface area (Å²) in [5.41, 5.74) is 5.88. The number of primary amides is 1. The molecule has 1 fully saturated rings. The summed E-state index contributed by atoms with van der Waals surface area (Å²) < 4.78 is 13.8. The number of benzene rings is 1. The molecule has 2 rings (SSSR count). The Hall–Kier alpha value is -1.46. The van der Waals surface area contributed by atoms with Gasteiger partial charge in [0.1, 0.15) is 5.82 Å². The van der Waals surface area contributed by atoms with Gasteiger partial charge in [-0.3, -0.25) is 4.79 Å². The predicted octanol–water partition coefficient (Wildman–Crippen LogP) is 1.50. The number of carbonyl (C=O) groups excluding carboxylic acids is 1. The zero-order valence-corrected chi connectivity index (χ0v) is 11.9. The van der Waals surface area contributed by atoms with Crippen LogP contribution in [-0.4, -0.2) is 36.5 Å². The van der Waals surface area contributed by atoms with E-state index < -0.39 is 5.91 Å². The summed E-state index contributed by atoms with van der Waals surface area (Å²) in [7, 11) is 0. The molecule has 0 spiro atoms. The van der Waals surface area contributed by atoms with Crippen molar-refractivity contribution in [3.05, 3.63) is 35.1 Å². The van der Waals surface area contributed by atoms with Crippen LogP contribution in [-0.2, 0) is 6.54 Å². The highest BCUT2D eigenvalue weighted by Gasteiger charge is 2.14. The maximum Gasteiger partial charge on any atom is 0.248 e. The molecule has 1 unspecified atom stereocenters. The number of halogens is 1. The third-order valence-corrected chi connectivity index (χ3v) is 3.71. The lowest BCUT2D eigenvalue weighted by Gasteiger charge is -2.21. The van der Waals surface area contributed by atoms with Crippen molar-refractivity contribution >= 4 is 5.91 Å². The SMILES string of the molecule is CC(CN1CCCC1)NCc1ccc(C(N)=O)cc1F. The minimum absolute atomic E-state index is 0.205. The highest BCUT2D eigenvalue weighted by Crippen LogP contribution is 2.11. The molecule has 110 valence electrons. The minimum atomic E-state index is -0.606. The van der Waals surface area contributed by atoms with E-state index in [2.05, 4.69) is 17.1 Å². The third kappa shape index (κ3) is 4.02. The zero-order valence-electron chi connectivity index (χ0n) is 11.9. The van der Waals surface area contributed by atoms with Crippen molar-refractivity contribution in [2.75, 3.05) is 19.6 Å². The first-order valence-corrected chi connectivity index (χ1v) is 7.10. The van der Waals surface area contributed by atoms with E-state index in [0.717, 1.165) is 19.6 Å². The minimum Gasteiger partial charge on any atom is -0.366 e. The number of rotatable bonds is 6. The maximum atomic E-state index is 13.8. The quantitative estimate of drug-likeness (QED) is 0.829. The van der Waals surface area contributed by atoms with Crippen LogP contribution in [0.2, 0.25) is 0 Å². The molecule has 1 heterocycles. The molecule has 4 nitrogen and oxygen atoms in total. The highest BCUT2D eigenvalue weighted by molar-refractivity contribution is 5.92. The van der Waals surface area contributed by atoms with E-state index >= 15 is 0 Å². The summed E-state index contributed by atoms with van der Waals surface area (Å²) in [5, 5.41) is 3.32. The molecular formula is C15H22FN3O. The van der Waals surface area contributed by atoms with Crippen molar-refractivity contribution in [3.63, 3.8) is 0 Å². The van der Waals surface area contributed by atoms with Crippen molar-refractivity contribution in [3.8, 4) is 0 Å². The van der Waals surface area contributed by atoms with Gasteiger partial charge in [0.15, 0.2) is 0 Å². The van der Waals surface area contributed by atoms with Crippen LogP contribution in [0.1, 0.15) is 35.7 Å². The van der Waals surface area contributed by atoms with Gasteiger partial charge >= 0.3 is 0 Å². The Morgan fingerprint density at radius 1 is 1.45 bits per heavy atom. The molecule has 5 heteroatoms. The van der Waals surface area contributed by atoms with Crippen LogP contribution in [0.25, 0.3) is 0 Å². The van der Waals surface area contributed by atoms with Crippen molar-refractivity contribution in [1.82, 2.24) is 10.2 Å². The first-order valence-electron chi connectivity index (χ1n) is 7.10. The molecule has 20 heavy (non-hydrogen) atoms. The van der Waals surface area contributed by atoms with Gasteiger partial charge in [0.25, 0.3) is 0 Å². The second-order valence-electron chi connectivity index (χ2n) is 5.46. The molecule has 1 amide bonds. The lowest BCUT2D eigenvalue weighted by atomic mass is 10.1. The van der Waals surface area contributed by atoms with Gasteiger partial charge in [0, 0.05) is 30.3 Å². The van der Waals surface area contributed by atoms with Crippen LogP contribution in [0.3, 0.4) is 0 Å². The second-order valence-corrected chi connectivity index (χ2v) is 5.46. The normalized spacial score (nSPS) is 17.3. The van der Waals surface area contributed by atoms with E-state index in [9.17, 15) is 9.18 Å². The van der Waals surface area contributed by atoms with Gasteiger partial charge in [0.05, 0.1) is 0 Å². The summed E-state index contributed by atoms with van der Waals surface area (Å²) in [6, 6.07) is 4.69.